The molecule has 15 heavy (non-hydrogen) atoms. The molecule has 1 aliphatic rings. The van der Waals surface area contributed by atoms with Crippen LogP contribution in [0.3, 0.4) is 0 Å². The molecule has 0 aromatic rings. The minimum Gasteiger partial charge on any atom is -0.481 e. The van der Waals surface area contributed by atoms with Gasteiger partial charge in [0.05, 0.1) is 6.10 Å². The minimum atomic E-state index is -0.679. The molecule has 1 rings (SSSR count). The van der Waals surface area contributed by atoms with Crippen molar-refractivity contribution in [3.63, 3.8) is 0 Å². The first-order valence-electron chi connectivity index (χ1n) is 5.58. The Morgan fingerprint density at radius 1 is 1.67 bits per heavy atom. The van der Waals surface area contributed by atoms with Gasteiger partial charge < -0.3 is 14.7 Å². The molecule has 0 aromatic heterocycles. The molecule has 2 atom stereocenters. The zero-order chi connectivity index (χ0) is 11.3. The van der Waals surface area contributed by atoms with Gasteiger partial charge in [-0.3, -0.25) is 4.79 Å². The molecule has 1 N–H and O–H groups in total. The summed E-state index contributed by atoms with van der Waals surface area (Å²) in [4.78, 5) is 12.9. The van der Waals surface area contributed by atoms with Gasteiger partial charge >= 0.3 is 5.97 Å². The number of likely N-dealkylation sites (tertiary alicyclic amines) is 1. The number of nitrogens with zero attached hydrogens (tertiary/aromatic N) is 1. The Balaban J connectivity index is 2.31. The van der Waals surface area contributed by atoms with Crippen molar-refractivity contribution < 1.29 is 14.6 Å². The van der Waals surface area contributed by atoms with Crippen molar-refractivity contribution in [3.05, 3.63) is 0 Å². The first kappa shape index (κ1) is 12.5. The average Bonchev–Trinajstić information content (AvgIpc) is 2.17. The summed E-state index contributed by atoms with van der Waals surface area (Å²) < 4.78 is 5.21. The van der Waals surface area contributed by atoms with Crippen molar-refractivity contribution in [2.75, 3.05) is 26.7 Å². The number of aliphatic carboxylic acids is 1. The predicted molar refractivity (Wildman–Crippen MR) is 57.9 cm³/mol. The van der Waals surface area contributed by atoms with E-state index in [1.807, 2.05) is 6.92 Å². The first-order chi connectivity index (χ1) is 7.11. The highest BCUT2D eigenvalue weighted by molar-refractivity contribution is 5.67. The number of hydrogen-bond acceptors (Lipinski definition) is 3. The van der Waals surface area contributed by atoms with Crippen LogP contribution < -0.4 is 0 Å². The van der Waals surface area contributed by atoms with Crippen molar-refractivity contribution in [2.24, 2.45) is 5.92 Å². The highest BCUT2D eigenvalue weighted by Crippen LogP contribution is 2.19. The van der Waals surface area contributed by atoms with Gasteiger partial charge in [-0.15, -0.1) is 0 Å². The molecule has 0 amide bonds. The second kappa shape index (κ2) is 6.08. The van der Waals surface area contributed by atoms with Crippen molar-refractivity contribution >= 4 is 5.97 Å². The van der Waals surface area contributed by atoms with Gasteiger partial charge in [0, 0.05) is 26.6 Å². The van der Waals surface area contributed by atoms with E-state index >= 15 is 0 Å². The van der Waals surface area contributed by atoms with Crippen LogP contribution in [0.15, 0.2) is 0 Å². The van der Waals surface area contributed by atoms with Crippen LogP contribution in [0.4, 0.5) is 0 Å². The summed E-state index contributed by atoms with van der Waals surface area (Å²) >= 11 is 0. The molecule has 0 spiro atoms. The fraction of sp³-hybridized carbons (Fsp3) is 0.909. The quantitative estimate of drug-likeness (QED) is 0.749. The second-order valence-electron chi connectivity index (χ2n) is 4.41. The molecule has 0 radical (unpaired) electrons. The van der Waals surface area contributed by atoms with E-state index in [4.69, 9.17) is 9.84 Å². The smallest absolute Gasteiger partial charge is 0.303 e. The summed E-state index contributed by atoms with van der Waals surface area (Å²) in [6, 6.07) is 0. The van der Waals surface area contributed by atoms with Crippen LogP contribution in [0.5, 0.6) is 0 Å². The van der Waals surface area contributed by atoms with Gasteiger partial charge in [-0.1, -0.05) is 0 Å². The van der Waals surface area contributed by atoms with Gasteiger partial charge in [0.25, 0.3) is 0 Å². The average molecular weight is 215 g/mol. The second-order valence-corrected chi connectivity index (χ2v) is 4.41. The number of ether oxygens (including phenoxy) is 1. The zero-order valence-corrected chi connectivity index (χ0v) is 9.61. The van der Waals surface area contributed by atoms with Crippen molar-refractivity contribution in [2.45, 2.75) is 32.3 Å². The lowest BCUT2D eigenvalue weighted by Gasteiger charge is -2.33. The largest absolute Gasteiger partial charge is 0.481 e. The molecule has 1 aliphatic heterocycles. The molecule has 1 heterocycles. The normalized spacial score (nSPS) is 25.1. The molecule has 0 aromatic carbocycles. The van der Waals surface area contributed by atoms with E-state index < -0.39 is 5.97 Å². The summed E-state index contributed by atoms with van der Waals surface area (Å²) in [6.07, 6.45) is 2.68. The summed E-state index contributed by atoms with van der Waals surface area (Å²) in [5, 5.41) is 8.74. The Labute approximate surface area is 91.2 Å². The Morgan fingerprint density at radius 3 is 3.00 bits per heavy atom. The number of methoxy groups -OCH3 is 1. The van der Waals surface area contributed by atoms with Gasteiger partial charge in [0.15, 0.2) is 0 Å². The van der Waals surface area contributed by atoms with Crippen LogP contribution in [-0.2, 0) is 9.53 Å². The number of carboxylic acids is 1. The number of carbonyl (C=O) groups is 1. The van der Waals surface area contributed by atoms with Crippen LogP contribution in [0.25, 0.3) is 0 Å². The van der Waals surface area contributed by atoms with Crippen LogP contribution in [0.1, 0.15) is 26.2 Å². The molecular weight excluding hydrogens is 194 g/mol. The fourth-order valence-corrected chi connectivity index (χ4v) is 2.17. The van der Waals surface area contributed by atoms with Gasteiger partial charge in [-0.2, -0.15) is 0 Å². The minimum absolute atomic E-state index is 0.230. The van der Waals surface area contributed by atoms with E-state index in [-0.39, 0.29) is 6.10 Å². The van der Waals surface area contributed by atoms with Crippen LogP contribution in [0.2, 0.25) is 0 Å². The van der Waals surface area contributed by atoms with E-state index in [1.165, 1.54) is 0 Å². The molecule has 0 bridgehead atoms. The highest BCUT2D eigenvalue weighted by atomic mass is 16.5. The lowest BCUT2D eigenvalue weighted by atomic mass is 9.95. The Bertz CT molecular complexity index is 208. The molecule has 4 heteroatoms. The van der Waals surface area contributed by atoms with Gasteiger partial charge in [0.2, 0.25) is 0 Å². The lowest BCUT2D eigenvalue weighted by molar-refractivity contribution is -0.138. The highest BCUT2D eigenvalue weighted by Gasteiger charge is 2.22. The van der Waals surface area contributed by atoms with Crippen molar-refractivity contribution in [1.29, 1.82) is 0 Å². The number of hydrogen-bond donors (Lipinski definition) is 1. The van der Waals surface area contributed by atoms with Crippen LogP contribution >= 0.6 is 0 Å². The first-order valence-corrected chi connectivity index (χ1v) is 5.58. The topological polar surface area (TPSA) is 49.8 Å². The summed E-state index contributed by atoms with van der Waals surface area (Å²) in [5.74, 6) is -0.359. The third kappa shape index (κ3) is 4.62. The van der Waals surface area contributed by atoms with E-state index in [9.17, 15) is 4.79 Å². The Morgan fingerprint density at radius 2 is 2.40 bits per heavy atom. The van der Waals surface area contributed by atoms with Crippen molar-refractivity contribution in [1.82, 2.24) is 4.90 Å². The molecule has 88 valence electrons. The molecule has 0 aliphatic carbocycles. The van der Waals surface area contributed by atoms with Gasteiger partial charge in [-0.05, 0) is 32.2 Å². The third-order valence-corrected chi connectivity index (χ3v) is 2.98. The third-order valence-electron chi connectivity index (χ3n) is 2.98. The predicted octanol–water partition coefficient (Wildman–Crippen LogP) is 1.21. The zero-order valence-electron chi connectivity index (χ0n) is 9.61. The van der Waals surface area contributed by atoms with E-state index in [2.05, 4.69) is 4.90 Å². The number of piperidine rings is 1. The molecule has 0 saturated carbocycles. The van der Waals surface area contributed by atoms with E-state index in [1.54, 1.807) is 7.11 Å². The maximum atomic E-state index is 10.6. The lowest BCUT2D eigenvalue weighted by Crippen LogP contribution is -2.40. The standard InChI is InChI=1S/C11H21NO3/c1-9(15-2)7-12-5-3-4-10(8-12)6-11(13)14/h9-10H,3-8H2,1-2H3,(H,13,14). The molecule has 1 saturated heterocycles. The Kier molecular flexibility index (Phi) is 5.05. The van der Waals surface area contributed by atoms with Gasteiger partial charge in [-0.25, -0.2) is 0 Å². The maximum Gasteiger partial charge on any atom is 0.303 e. The fourth-order valence-electron chi connectivity index (χ4n) is 2.17. The van der Waals surface area contributed by atoms with Crippen molar-refractivity contribution in [3.8, 4) is 0 Å². The number of carboxylic acid groups (broad SMARTS) is 1. The summed E-state index contributed by atoms with van der Waals surface area (Å²) in [5.41, 5.74) is 0. The number of rotatable bonds is 5. The maximum absolute atomic E-state index is 10.6. The van der Waals surface area contributed by atoms with Crippen LogP contribution in [0, 0.1) is 5.92 Å². The van der Waals surface area contributed by atoms with E-state index in [0.29, 0.717) is 12.3 Å². The molecule has 1 fully saturated rings. The summed E-state index contributed by atoms with van der Waals surface area (Å²) in [6.45, 7) is 4.93. The molecule has 2 unspecified atom stereocenters. The molecule has 4 nitrogen and oxygen atoms in total. The van der Waals surface area contributed by atoms with Crippen LogP contribution in [-0.4, -0.2) is 48.8 Å². The SMILES string of the molecule is COC(C)CN1CCCC(CC(=O)O)C1. The Hall–Kier alpha value is -0.610. The van der Waals surface area contributed by atoms with Gasteiger partial charge in [0.1, 0.15) is 0 Å². The monoisotopic (exact) mass is 215 g/mol. The van der Waals surface area contributed by atoms with E-state index in [0.717, 1.165) is 32.5 Å². The summed E-state index contributed by atoms with van der Waals surface area (Å²) in [7, 11) is 1.71. The molecular formula is C11H21NO3.